The number of rotatable bonds is 15. The van der Waals surface area contributed by atoms with Gasteiger partial charge in [-0.1, -0.05) is 38.0 Å². The Morgan fingerprint density at radius 3 is 2.24 bits per heavy atom. The highest BCUT2D eigenvalue weighted by Crippen LogP contribution is 2.38. The van der Waals surface area contributed by atoms with Crippen LogP contribution in [0.1, 0.15) is 108 Å². The van der Waals surface area contributed by atoms with Crippen molar-refractivity contribution >= 4 is 5.97 Å². The van der Waals surface area contributed by atoms with E-state index >= 15 is 0 Å². The maximum atomic E-state index is 11.0. The van der Waals surface area contributed by atoms with E-state index in [-0.39, 0.29) is 5.97 Å². The molecule has 0 unspecified atom stereocenters. The predicted molar refractivity (Wildman–Crippen MR) is 138 cm³/mol. The van der Waals surface area contributed by atoms with E-state index in [0.717, 1.165) is 50.6 Å². The number of esters is 1. The molecule has 3 rings (SSSR count). The zero-order chi connectivity index (χ0) is 23.8. The Balaban J connectivity index is 1.21. The Kier molecular flexibility index (Phi) is 12.6. The summed E-state index contributed by atoms with van der Waals surface area (Å²) in [6.45, 7) is 5.58. The van der Waals surface area contributed by atoms with Crippen molar-refractivity contribution in [2.75, 3.05) is 19.8 Å². The van der Waals surface area contributed by atoms with E-state index in [9.17, 15) is 4.79 Å². The Hall–Kier alpha value is -1.81. The molecule has 2 aliphatic rings. The summed E-state index contributed by atoms with van der Waals surface area (Å²) in [6, 6.07) is 8.82. The minimum Gasteiger partial charge on any atom is -0.494 e. The lowest BCUT2D eigenvalue weighted by molar-refractivity contribution is -0.137. The van der Waals surface area contributed by atoms with Crippen molar-refractivity contribution in [3.8, 4) is 5.75 Å². The molecule has 0 aliphatic heterocycles. The van der Waals surface area contributed by atoms with E-state index in [0.29, 0.717) is 18.6 Å². The second kappa shape index (κ2) is 16.0. The van der Waals surface area contributed by atoms with E-state index < -0.39 is 0 Å². The summed E-state index contributed by atoms with van der Waals surface area (Å²) in [4.78, 5) is 11.0. The molecule has 0 bridgehead atoms. The first-order valence-electron chi connectivity index (χ1n) is 13.9. The van der Waals surface area contributed by atoms with Gasteiger partial charge < -0.3 is 14.2 Å². The predicted octanol–water partition coefficient (Wildman–Crippen LogP) is 7.76. The van der Waals surface area contributed by atoms with Crippen molar-refractivity contribution in [1.82, 2.24) is 0 Å². The van der Waals surface area contributed by atoms with Crippen LogP contribution in [0.2, 0.25) is 0 Å². The molecular weight excluding hydrogens is 424 g/mol. The second-order valence-corrected chi connectivity index (χ2v) is 10.2. The van der Waals surface area contributed by atoms with Crippen LogP contribution < -0.4 is 4.74 Å². The van der Waals surface area contributed by atoms with E-state index in [1.807, 2.05) is 0 Å². The number of carbonyl (C=O) groups is 1. The smallest absolute Gasteiger partial charge is 0.330 e. The van der Waals surface area contributed by atoms with E-state index in [1.165, 1.54) is 82.3 Å². The van der Waals surface area contributed by atoms with Gasteiger partial charge in [-0.3, -0.25) is 0 Å². The summed E-state index contributed by atoms with van der Waals surface area (Å²) < 4.78 is 17.0. The fraction of sp³-hybridized carbons (Fsp3) is 0.700. The van der Waals surface area contributed by atoms with Crippen LogP contribution in [0.3, 0.4) is 0 Å². The lowest BCUT2D eigenvalue weighted by atomic mass is 9.77. The fourth-order valence-corrected chi connectivity index (χ4v) is 5.45. The summed E-state index contributed by atoms with van der Waals surface area (Å²) in [7, 11) is 0. The van der Waals surface area contributed by atoms with E-state index in [2.05, 4.69) is 30.8 Å². The number of ether oxygens (including phenoxy) is 3. The van der Waals surface area contributed by atoms with Crippen LogP contribution in [0.25, 0.3) is 0 Å². The normalized spacial score (nSPS) is 21.2. The van der Waals surface area contributed by atoms with Crippen LogP contribution in [-0.2, 0) is 14.3 Å². The molecule has 0 radical (unpaired) electrons. The summed E-state index contributed by atoms with van der Waals surface area (Å²) in [6.07, 6.45) is 20.4. The van der Waals surface area contributed by atoms with Gasteiger partial charge >= 0.3 is 5.97 Å². The summed E-state index contributed by atoms with van der Waals surface area (Å²) in [5, 5.41) is 0. The van der Waals surface area contributed by atoms with Crippen LogP contribution in [0.4, 0.5) is 0 Å². The SMILES string of the molecule is C=CC(=O)OCCCCCCOc1ccc(C2CCC(CCCOC3CCCCC3)CC2)cc1. The molecule has 2 aliphatic carbocycles. The summed E-state index contributed by atoms with van der Waals surface area (Å²) in [5.41, 5.74) is 1.47. The number of unbranched alkanes of at least 4 members (excludes halogenated alkanes) is 3. The molecule has 0 aromatic heterocycles. The second-order valence-electron chi connectivity index (χ2n) is 10.2. The Bertz CT molecular complexity index is 684. The maximum absolute atomic E-state index is 11.0. The molecule has 2 saturated carbocycles. The zero-order valence-corrected chi connectivity index (χ0v) is 21.2. The largest absolute Gasteiger partial charge is 0.494 e. The van der Waals surface area contributed by atoms with Gasteiger partial charge in [-0.25, -0.2) is 4.79 Å². The number of carbonyl (C=O) groups excluding carboxylic acids is 1. The van der Waals surface area contributed by atoms with Gasteiger partial charge in [-0.2, -0.15) is 0 Å². The lowest BCUT2D eigenvalue weighted by Gasteiger charge is -2.29. The summed E-state index contributed by atoms with van der Waals surface area (Å²) in [5.74, 6) is 2.23. The Morgan fingerprint density at radius 1 is 0.824 bits per heavy atom. The quantitative estimate of drug-likeness (QED) is 0.149. The van der Waals surface area contributed by atoms with E-state index in [1.54, 1.807) is 0 Å². The molecule has 0 N–H and O–H groups in total. The summed E-state index contributed by atoms with van der Waals surface area (Å²) >= 11 is 0. The number of benzene rings is 1. The third-order valence-electron chi connectivity index (χ3n) is 7.58. The van der Waals surface area contributed by atoms with Gasteiger partial charge in [0.25, 0.3) is 0 Å². The van der Waals surface area contributed by atoms with Crippen molar-refractivity contribution in [1.29, 1.82) is 0 Å². The van der Waals surface area contributed by atoms with Gasteiger partial charge in [0.15, 0.2) is 0 Å². The first-order valence-corrected chi connectivity index (χ1v) is 13.9. The minimum absolute atomic E-state index is 0.338. The average Bonchev–Trinajstić information content (AvgIpc) is 2.89. The van der Waals surface area contributed by atoms with Gasteiger partial charge in [-0.05, 0) is 107 Å². The zero-order valence-electron chi connectivity index (χ0n) is 21.2. The standard InChI is InChI=1S/C30H46O4/c1-2-30(31)34-23-9-4-3-8-22-32-29-20-18-27(19-21-29)26-16-14-25(15-17-26)11-10-24-33-28-12-6-5-7-13-28/h2,18-21,25-26,28H,1,3-17,22-24H2. The maximum Gasteiger partial charge on any atom is 0.330 e. The molecule has 0 spiro atoms. The Morgan fingerprint density at radius 2 is 1.53 bits per heavy atom. The van der Waals surface area contributed by atoms with Crippen LogP contribution >= 0.6 is 0 Å². The van der Waals surface area contributed by atoms with E-state index in [4.69, 9.17) is 14.2 Å². The molecule has 4 heteroatoms. The third kappa shape index (κ3) is 10.2. The van der Waals surface area contributed by atoms with Crippen molar-refractivity contribution in [3.63, 3.8) is 0 Å². The third-order valence-corrected chi connectivity index (χ3v) is 7.58. The van der Waals surface area contributed by atoms with Crippen molar-refractivity contribution in [2.24, 2.45) is 5.92 Å². The molecule has 0 saturated heterocycles. The van der Waals surface area contributed by atoms with Gasteiger partial charge in [0.2, 0.25) is 0 Å². The van der Waals surface area contributed by atoms with Crippen molar-refractivity contribution < 1.29 is 19.0 Å². The van der Waals surface area contributed by atoms with Crippen molar-refractivity contribution in [3.05, 3.63) is 42.5 Å². The number of hydrogen-bond donors (Lipinski definition) is 0. The highest BCUT2D eigenvalue weighted by molar-refractivity contribution is 5.81. The molecule has 1 aromatic carbocycles. The van der Waals surface area contributed by atoms with Gasteiger partial charge in [0.1, 0.15) is 5.75 Å². The molecule has 0 amide bonds. The minimum atomic E-state index is -0.338. The van der Waals surface area contributed by atoms with Crippen LogP contribution in [0, 0.1) is 5.92 Å². The molecule has 190 valence electrons. The molecule has 0 atom stereocenters. The molecule has 4 nitrogen and oxygen atoms in total. The fourth-order valence-electron chi connectivity index (χ4n) is 5.45. The number of hydrogen-bond acceptors (Lipinski definition) is 4. The highest BCUT2D eigenvalue weighted by Gasteiger charge is 2.22. The Labute approximate surface area is 207 Å². The van der Waals surface area contributed by atoms with Crippen LogP contribution in [0.15, 0.2) is 36.9 Å². The van der Waals surface area contributed by atoms with Gasteiger partial charge in [0, 0.05) is 12.7 Å². The first kappa shape index (κ1) is 26.8. The molecule has 1 aromatic rings. The molecule has 0 heterocycles. The van der Waals surface area contributed by atoms with Crippen molar-refractivity contribution in [2.45, 2.75) is 108 Å². The first-order chi connectivity index (χ1) is 16.7. The monoisotopic (exact) mass is 470 g/mol. The van der Waals surface area contributed by atoms with Crippen LogP contribution in [0.5, 0.6) is 5.75 Å². The molecule has 34 heavy (non-hydrogen) atoms. The van der Waals surface area contributed by atoms with Gasteiger partial charge in [0.05, 0.1) is 19.3 Å². The topological polar surface area (TPSA) is 44.8 Å². The molecular formula is C30H46O4. The highest BCUT2D eigenvalue weighted by atomic mass is 16.5. The molecule has 2 fully saturated rings. The lowest BCUT2D eigenvalue weighted by Crippen LogP contribution is -2.18. The van der Waals surface area contributed by atoms with Crippen LogP contribution in [-0.4, -0.2) is 31.9 Å². The van der Waals surface area contributed by atoms with Gasteiger partial charge in [-0.15, -0.1) is 0 Å². The average molecular weight is 471 g/mol.